The highest BCUT2D eigenvalue weighted by molar-refractivity contribution is 5.85. The van der Waals surface area contributed by atoms with Crippen LogP contribution in [0.3, 0.4) is 0 Å². The molecule has 0 aliphatic carbocycles. The Morgan fingerprint density at radius 2 is 2.06 bits per heavy atom. The van der Waals surface area contributed by atoms with Gasteiger partial charge in [-0.1, -0.05) is 18.2 Å². The van der Waals surface area contributed by atoms with Gasteiger partial charge in [0.15, 0.2) is 0 Å². The van der Waals surface area contributed by atoms with Crippen LogP contribution in [0.25, 0.3) is 0 Å². The van der Waals surface area contributed by atoms with Crippen LogP contribution in [0.4, 0.5) is 5.69 Å². The van der Waals surface area contributed by atoms with Crippen molar-refractivity contribution >= 4 is 30.5 Å². The third-order valence-electron chi connectivity index (χ3n) is 4.54. The molecule has 2 atom stereocenters. The minimum absolute atomic E-state index is 0. The molecule has 0 spiro atoms. The van der Waals surface area contributed by atoms with Crippen molar-refractivity contribution in [2.24, 2.45) is 5.92 Å². The number of hydrogen-bond acceptors (Lipinski definition) is 2. The summed E-state index contributed by atoms with van der Waals surface area (Å²) in [6.07, 6.45) is 2.62. The maximum absolute atomic E-state index is 3.56. The van der Waals surface area contributed by atoms with Gasteiger partial charge >= 0.3 is 0 Å². The van der Waals surface area contributed by atoms with Crippen LogP contribution >= 0.6 is 24.8 Å². The van der Waals surface area contributed by atoms with Crippen molar-refractivity contribution in [2.45, 2.75) is 18.8 Å². The number of para-hydroxylation sites is 1. The van der Waals surface area contributed by atoms with E-state index in [2.05, 4.69) is 28.4 Å². The maximum Gasteiger partial charge on any atom is 0.0434 e. The minimum Gasteiger partial charge on any atom is -0.371 e. The molecule has 3 heterocycles. The van der Waals surface area contributed by atoms with Gasteiger partial charge in [-0.3, -0.25) is 0 Å². The third-order valence-corrected chi connectivity index (χ3v) is 4.54. The van der Waals surface area contributed by atoms with E-state index in [1.54, 1.807) is 16.8 Å². The smallest absolute Gasteiger partial charge is 0.0434 e. The van der Waals surface area contributed by atoms with E-state index in [1.807, 2.05) is 0 Å². The molecule has 0 aromatic heterocycles. The minimum atomic E-state index is 0. The number of aryl methyl sites for hydroxylation is 1. The number of nitrogens with zero attached hydrogens (tertiary/aromatic N) is 1. The summed E-state index contributed by atoms with van der Waals surface area (Å²) in [6, 6.07) is 6.95. The van der Waals surface area contributed by atoms with Crippen LogP contribution in [-0.2, 0) is 6.42 Å². The lowest BCUT2D eigenvalue weighted by Crippen LogP contribution is -2.40. The molecule has 0 amide bonds. The molecule has 100 valence electrons. The van der Waals surface area contributed by atoms with E-state index in [1.165, 1.54) is 39.0 Å². The zero-order valence-electron chi connectivity index (χ0n) is 10.4. The summed E-state index contributed by atoms with van der Waals surface area (Å²) in [7, 11) is 0. The van der Waals surface area contributed by atoms with E-state index in [0.717, 1.165) is 11.8 Å². The van der Waals surface area contributed by atoms with Crippen LogP contribution < -0.4 is 10.2 Å². The largest absolute Gasteiger partial charge is 0.371 e. The second kappa shape index (κ2) is 5.28. The number of fused-ring (bicyclic) bond motifs is 2. The standard InChI is InChI=1S/C14H18N2.2ClH/c1-3-10-4-2-6-16-9-11-7-15-8-13(11)12(5-1)14(10)16;;/h1,3,5,11,13,15H,2,4,6-9H2;2*1H/t11-,13+;;/m0../s1. The highest BCUT2D eigenvalue weighted by atomic mass is 35.5. The fraction of sp³-hybridized carbons (Fsp3) is 0.571. The van der Waals surface area contributed by atoms with E-state index in [0.29, 0.717) is 0 Å². The molecular weight excluding hydrogens is 267 g/mol. The Morgan fingerprint density at radius 3 is 2.94 bits per heavy atom. The summed E-state index contributed by atoms with van der Waals surface area (Å²) in [5.41, 5.74) is 4.81. The average Bonchev–Trinajstić information content (AvgIpc) is 2.78. The van der Waals surface area contributed by atoms with Crippen molar-refractivity contribution in [2.75, 3.05) is 31.1 Å². The van der Waals surface area contributed by atoms with E-state index >= 15 is 0 Å². The molecule has 1 aromatic rings. The molecule has 3 aliphatic rings. The van der Waals surface area contributed by atoms with E-state index < -0.39 is 0 Å². The molecule has 2 nitrogen and oxygen atoms in total. The number of nitrogens with one attached hydrogen (secondary N) is 1. The molecular formula is C14H20Cl2N2. The third kappa shape index (κ3) is 1.91. The van der Waals surface area contributed by atoms with E-state index in [-0.39, 0.29) is 24.8 Å². The normalized spacial score (nSPS) is 27.7. The summed E-state index contributed by atoms with van der Waals surface area (Å²) < 4.78 is 0. The van der Waals surface area contributed by atoms with Gasteiger partial charge < -0.3 is 10.2 Å². The molecule has 1 saturated heterocycles. The molecule has 0 saturated carbocycles. The average molecular weight is 287 g/mol. The van der Waals surface area contributed by atoms with Crippen LogP contribution in [-0.4, -0.2) is 26.2 Å². The van der Waals surface area contributed by atoms with Crippen molar-refractivity contribution < 1.29 is 0 Å². The van der Waals surface area contributed by atoms with Crippen molar-refractivity contribution in [3.05, 3.63) is 29.3 Å². The monoisotopic (exact) mass is 286 g/mol. The summed E-state index contributed by atoms with van der Waals surface area (Å²) in [6.45, 7) is 4.95. The first-order chi connectivity index (χ1) is 7.93. The van der Waals surface area contributed by atoms with Crippen molar-refractivity contribution in [1.29, 1.82) is 0 Å². The molecule has 18 heavy (non-hydrogen) atoms. The summed E-state index contributed by atoms with van der Waals surface area (Å²) in [5, 5.41) is 3.56. The molecule has 4 heteroatoms. The van der Waals surface area contributed by atoms with Crippen molar-refractivity contribution in [3.63, 3.8) is 0 Å². The van der Waals surface area contributed by atoms with Crippen LogP contribution in [0.15, 0.2) is 18.2 Å². The number of halogens is 2. The number of anilines is 1. The second-order valence-corrected chi connectivity index (χ2v) is 5.43. The Hall–Kier alpha value is -0.440. The van der Waals surface area contributed by atoms with Gasteiger partial charge in [0, 0.05) is 37.8 Å². The fourth-order valence-corrected chi connectivity index (χ4v) is 3.82. The molecule has 3 aliphatic heterocycles. The summed E-state index contributed by atoms with van der Waals surface area (Å²) in [5.74, 6) is 1.63. The van der Waals surface area contributed by atoms with Gasteiger partial charge in [-0.05, 0) is 29.9 Å². The first-order valence-electron chi connectivity index (χ1n) is 6.51. The van der Waals surface area contributed by atoms with Crippen LogP contribution in [0.1, 0.15) is 23.5 Å². The lowest BCUT2D eigenvalue weighted by atomic mass is 9.80. The molecule has 0 unspecified atom stereocenters. The number of hydrogen-bond donors (Lipinski definition) is 1. The Balaban J connectivity index is 0.000000602. The predicted octanol–water partition coefficient (Wildman–Crippen LogP) is 2.60. The number of rotatable bonds is 0. The summed E-state index contributed by atoms with van der Waals surface area (Å²) >= 11 is 0. The molecule has 4 rings (SSSR count). The van der Waals surface area contributed by atoms with Crippen LogP contribution in [0, 0.1) is 5.92 Å². The van der Waals surface area contributed by atoms with Gasteiger partial charge in [0.2, 0.25) is 0 Å². The summed E-state index contributed by atoms with van der Waals surface area (Å²) in [4.78, 5) is 2.64. The van der Waals surface area contributed by atoms with E-state index in [4.69, 9.17) is 0 Å². The zero-order valence-corrected chi connectivity index (χ0v) is 12.0. The van der Waals surface area contributed by atoms with Gasteiger partial charge in [0.1, 0.15) is 0 Å². The quantitative estimate of drug-likeness (QED) is 0.789. The fourth-order valence-electron chi connectivity index (χ4n) is 3.82. The van der Waals surface area contributed by atoms with Gasteiger partial charge in [-0.25, -0.2) is 0 Å². The van der Waals surface area contributed by atoms with Gasteiger partial charge in [-0.2, -0.15) is 0 Å². The highest BCUT2D eigenvalue weighted by Crippen LogP contribution is 2.43. The van der Waals surface area contributed by atoms with Crippen molar-refractivity contribution in [3.8, 4) is 0 Å². The molecule has 0 radical (unpaired) electrons. The van der Waals surface area contributed by atoms with Gasteiger partial charge in [0.25, 0.3) is 0 Å². The van der Waals surface area contributed by atoms with Gasteiger partial charge in [-0.15, -0.1) is 24.8 Å². The predicted molar refractivity (Wildman–Crippen MR) is 80.6 cm³/mol. The van der Waals surface area contributed by atoms with E-state index in [9.17, 15) is 0 Å². The Bertz CT molecular complexity index is 436. The zero-order chi connectivity index (χ0) is 10.5. The Morgan fingerprint density at radius 1 is 1.17 bits per heavy atom. The molecule has 0 bridgehead atoms. The topological polar surface area (TPSA) is 15.3 Å². The van der Waals surface area contributed by atoms with Crippen LogP contribution in [0.2, 0.25) is 0 Å². The second-order valence-electron chi connectivity index (χ2n) is 5.43. The van der Waals surface area contributed by atoms with Gasteiger partial charge in [0.05, 0.1) is 0 Å². The first-order valence-corrected chi connectivity index (χ1v) is 6.51. The maximum atomic E-state index is 3.56. The Labute approximate surface area is 121 Å². The highest BCUT2D eigenvalue weighted by Gasteiger charge is 2.38. The van der Waals surface area contributed by atoms with Crippen molar-refractivity contribution in [1.82, 2.24) is 5.32 Å². The molecule has 1 N–H and O–H groups in total. The molecule has 1 fully saturated rings. The van der Waals surface area contributed by atoms with Crippen LogP contribution in [0.5, 0.6) is 0 Å². The lowest BCUT2D eigenvalue weighted by Gasteiger charge is -2.41. The molecule has 1 aromatic carbocycles. The SMILES string of the molecule is Cl.Cl.c1cc2c3c(c1)[C@@H]1CNC[C@H]1CN3CCC2. The first kappa shape index (κ1) is 14.0. The number of benzene rings is 1. The Kier molecular flexibility index (Phi) is 4.10. The lowest BCUT2D eigenvalue weighted by molar-refractivity contribution is 0.470.